The number of benzene rings is 2. The fourth-order valence-electron chi connectivity index (χ4n) is 2.82. The van der Waals surface area contributed by atoms with Crippen molar-refractivity contribution in [3.05, 3.63) is 48.0 Å². The van der Waals surface area contributed by atoms with E-state index in [0.29, 0.717) is 11.8 Å². The molecule has 0 bridgehead atoms. The van der Waals surface area contributed by atoms with Crippen LogP contribution >= 0.6 is 0 Å². The van der Waals surface area contributed by atoms with Gasteiger partial charge in [0.15, 0.2) is 0 Å². The van der Waals surface area contributed by atoms with Crippen LogP contribution < -0.4 is 0 Å². The average molecular weight is 255 g/mol. The van der Waals surface area contributed by atoms with Gasteiger partial charge in [-0.05, 0) is 55.2 Å². The minimum absolute atomic E-state index is 0.633. The van der Waals surface area contributed by atoms with Crippen LogP contribution in [0.1, 0.15) is 31.7 Å². The van der Waals surface area contributed by atoms with Crippen molar-refractivity contribution in [1.29, 1.82) is 0 Å². The highest BCUT2D eigenvalue weighted by Crippen LogP contribution is 2.33. The van der Waals surface area contributed by atoms with Crippen LogP contribution in [0.3, 0.4) is 0 Å². The molecule has 0 saturated carbocycles. The average Bonchev–Trinajstić information content (AvgIpc) is 2.38. The molecular weight excluding hydrogens is 230 g/mol. The highest BCUT2D eigenvalue weighted by atomic mass is 15.0. The lowest BCUT2D eigenvalue weighted by molar-refractivity contribution is 0.353. The van der Waals surface area contributed by atoms with E-state index in [9.17, 15) is 0 Å². The van der Waals surface area contributed by atoms with E-state index < -0.39 is 0 Å². The number of rotatable bonds is 5. The summed E-state index contributed by atoms with van der Waals surface area (Å²) in [5, 5.41) is 2.78. The fraction of sp³-hybridized carbons (Fsp3) is 0.444. The molecule has 0 radical (unpaired) electrons. The molecular formula is C18H25N. The zero-order chi connectivity index (χ0) is 13.8. The van der Waals surface area contributed by atoms with Gasteiger partial charge in [0.2, 0.25) is 0 Å². The van der Waals surface area contributed by atoms with E-state index in [4.69, 9.17) is 0 Å². The number of nitrogens with zero attached hydrogens (tertiary/aromatic N) is 1. The lowest BCUT2D eigenvalue weighted by Crippen LogP contribution is -2.18. The SMILES string of the molecule is CC(C)C(CCN(C)C)c1cccc2ccccc12. The smallest absolute Gasteiger partial charge is 0.00189 e. The van der Waals surface area contributed by atoms with E-state index in [2.05, 4.69) is 75.3 Å². The van der Waals surface area contributed by atoms with Crippen molar-refractivity contribution in [2.24, 2.45) is 5.92 Å². The monoisotopic (exact) mass is 255 g/mol. The summed E-state index contributed by atoms with van der Waals surface area (Å²) in [6.07, 6.45) is 1.22. The van der Waals surface area contributed by atoms with E-state index >= 15 is 0 Å². The van der Waals surface area contributed by atoms with Gasteiger partial charge in [0.05, 0.1) is 0 Å². The summed E-state index contributed by atoms with van der Waals surface area (Å²) in [6, 6.07) is 15.5. The Morgan fingerprint density at radius 1 is 0.947 bits per heavy atom. The summed E-state index contributed by atoms with van der Waals surface area (Å²) in [4.78, 5) is 2.28. The predicted octanol–water partition coefficient (Wildman–Crippen LogP) is 4.53. The van der Waals surface area contributed by atoms with Gasteiger partial charge in [0.25, 0.3) is 0 Å². The molecule has 0 N–H and O–H groups in total. The zero-order valence-corrected chi connectivity index (χ0v) is 12.6. The van der Waals surface area contributed by atoms with Crippen LogP contribution in [0.2, 0.25) is 0 Å². The molecule has 2 aromatic carbocycles. The molecule has 2 aromatic rings. The lowest BCUT2D eigenvalue weighted by Gasteiger charge is -2.24. The second kappa shape index (κ2) is 6.21. The normalized spacial score (nSPS) is 13.4. The van der Waals surface area contributed by atoms with Crippen LogP contribution in [-0.4, -0.2) is 25.5 Å². The molecule has 0 aliphatic heterocycles. The Morgan fingerprint density at radius 2 is 1.63 bits per heavy atom. The molecule has 1 heteroatoms. The standard InChI is InChI=1S/C18H25N/c1-14(2)16(12-13-19(3)4)18-11-7-9-15-8-5-6-10-17(15)18/h5-11,14,16H,12-13H2,1-4H3. The van der Waals surface area contributed by atoms with Crippen molar-refractivity contribution in [3.8, 4) is 0 Å². The first-order chi connectivity index (χ1) is 9.09. The van der Waals surface area contributed by atoms with Crippen molar-refractivity contribution in [1.82, 2.24) is 4.90 Å². The summed E-state index contributed by atoms with van der Waals surface area (Å²) in [6.45, 7) is 5.82. The topological polar surface area (TPSA) is 3.24 Å². The molecule has 1 unspecified atom stereocenters. The quantitative estimate of drug-likeness (QED) is 0.758. The molecule has 0 amide bonds. The molecule has 1 atom stereocenters. The molecule has 2 rings (SSSR count). The summed E-state index contributed by atoms with van der Waals surface area (Å²) in [5.74, 6) is 1.30. The van der Waals surface area contributed by atoms with Gasteiger partial charge in [-0.2, -0.15) is 0 Å². The van der Waals surface area contributed by atoms with Gasteiger partial charge in [-0.15, -0.1) is 0 Å². The van der Waals surface area contributed by atoms with Crippen molar-refractivity contribution >= 4 is 10.8 Å². The van der Waals surface area contributed by atoms with Gasteiger partial charge in [-0.3, -0.25) is 0 Å². The molecule has 102 valence electrons. The Morgan fingerprint density at radius 3 is 2.32 bits per heavy atom. The maximum atomic E-state index is 2.34. The fourth-order valence-corrected chi connectivity index (χ4v) is 2.82. The minimum atomic E-state index is 0.633. The Labute approximate surface area is 117 Å². The predicted molar refractivity (Wildman–Crippen MR) is 84.7 cm³/mol. The summed E-state index contributed by atoms with van der Waals surface area (Å²) < 4.78 is 0. The van der Waals surface area contributed by atoms with Crippen LogP contribution in [0.4, 0.5) is 0 Å². The molecule has 19 heavy (non-hydrogen) atoms. The summed E-state index contributed by atoms with van der Waals surface area (Å²) in [7, 11) is 4.31. The first kappa shape index (κ1) is 14.1. The summed E-state index contributed by atoms with van der Waals surface area (Å²) in [5.41, 5.74) is 1.51. The number of hydrogen-bond donors (Lipinski definition) is 0. The molecule has 0 spiro atoms. The second-order valence-corrected chi connectivity index (χ2v) is 6.01. The van der Waals surface area contributed by atoms with E-state index in [0.717, 1.165) is 6.54 Å². The van der Waals surface area contributed by atoms with Crippen molar-refractivity contribution in [3.63, 3.8) is 0 Å². The maximum Gasteiger partial charge on any atom is -0.00189 e. The highest BCUT2D eigenvalue weighted by Gasteiger charge is 2.17. The van der Waals surface area contributed by atoms with Crippen molar-refractivity contribution < 1.29 is 0 Å². The molecule has 0 aliphatic carbocycles. The van der Waals surface area contributed by atoms with Crippen molar-refractivity contribution in [2.75, 3.05) is 20.6 Å². The van der Waals surface area contributed by atoms with Gasteiger partial charge >= 0.3 is 0 Å². The zero-order valence-electron chi connectivity index (χ0n) is 12.6. The molecule has 1 nitrogen and oxygen atoms in total. The van der Waals surface area contributed by atoms with Crippen LogP contribution in [0, 0.1) is 5.92 Å². The molecule has 0 saturated heterocycles. The van der Waals surface area contributed by atoms with Gasteiger partial charge < -0.3 is 4.90 Å². The molecule has 0 aromatic heterocycles. The Kier molecular flexibility index (Phi) is 4.60. The van der Waals surface area contributed by atoms with Gasteiger partial charge in [-0.1, -0.05) is 56.3 Å². The highest BCUT2D eigenvalue weighted by molar-refractivity contribution is 5.86. The van der Waals surface area contributed by atoms with E-state index in [1.54, 1.807) is 0 Å². The van der Waals surface area contributed by atoms with Crippen LogP contribution in [0.15, 0.2) is 42.5 Å². The summed E-state index contributed by atoms with van der Waals surface area (Å²) >= 11 is 0. The second-order valence-electron chi connectivity index (χ2n) is 6.01. The third kappa shape index (κ3) is 3.36. The molecule has 0 fully saturated rings. The van der Waals surface area contributed by atoms with Gasteiger partial charge in [0, 0.05) is 0 Å². The van der Waals surface area contributed by atoms with Gasteiger partial charge in [-0.25, -0.2) is 0 Å². The lowest BCUT2D eigenvalue weighted by atomic mass is 9.83. The van der Waals surface area contributed by atoms with Crippen molar-refractivity contribution in [2.45, 2.75) is 26.2 Å². The third-order valence-electron chi connectivity index (χ3n) is 3.91. The van der Waals surface area contributed by atoms with Crippen LogP contribution in [0.5, 0.6) is 0 Å². The first-order valence-corrected chi connectivity index (χ1v) is 7.22. The largest absolute Gasteiger partial charge is 0.309 e. The Bertz CT molecular complexity index is 523. The van der Waals surface area contributed by atoms with E-state index in [-0.39, 0.29) is 0 Å². The third-order valence-corrected chi connectivity index (χ3v) is 3.91. The minimum Gasteiger partial charge on any atom is -0.309 e. The molecule has 0 heterocycles. The van der Waals surface area contributed by atoms with Crippen LogP contribution in [0.25, 0.3) is 10.8 Å². The maximum absolute atomic E-state index is 2.34. The first-order valence-electron chi connectivity index (χ1n) is 7.22. The van der Waals surface area contributed by atoms with E-state index in [1.807, 2.05) is 0 Å². The molecule has 0 aliphatic rings. The Hall–Kier alpha value is -1.34. The number of fused-ring (bicyclic) bond motifs is 1. The van der Waals surface area contributed by atoms with Crippen LogP contribution in [-0.2, 0) is 0 Å². The Balaban J connectivity index is 2.38. The van der Waals surface area contributed by atoms with E-state index in [1.165, 1.54) is 22.8 Å². The number of hydrogen-bond acceptors (Lipinski definition) is 1. The van der Waals surface area contributed by atoms with Gasteiger partial charge in [0.1, 0.15) is 0 Å².